The summed E-state index contributed by atoms with van der Waals surface area (Å²) < 4.78 is 0.782. The number of unbranched alkanes of at least 4 members (excludes halogenated alkanes) is 10. The van der Waals surface area contributed by atoms with Crippen LogP contribution in [-0.4, -0.2) is 25.8 Å². The fourth-order valence-electron chi connectivity index (χ4n) is 3.34. The molecule has 0 nitrogen and oxygen atoms in total. The zero-order valence-corrected chi connectivity index (χ0v) is 19.2. The van der Waals surface area contributed by atoms with Crippen LogP contribution >= 0.6 is 0 Å². The van der Waals surface area contributed by atoms with Crippen molar-refractivity contribution in [3.05, 3.63) is 0 Å². The first-order valence-electron chi connectivity index (χ1n) is 9.93. The minimum atomic E-state index is 0.782. The van der Waals surface area contributed by atoms with Gasteiger partial charge in [0.25, 0.3) is 0 Å². The van der Waals surface area contributed by atoms with Crippen molar-refractivity contribution in [3.8, 4) is 0 Å². The van der Waals surface area contributed by atoms with Gasteiger partial charge in [-0.25, -0.2) is 0 Å². The monoisotopic (exact) mass is 489 g/mol. The Morgan fingerprint density at radius 3 is 1.24 bits per heavy atom. The molecule has 0 aliphatic heterocycles. The van der Waals surface area contributed by atoms with E-state index in [1.165, 1.54) is 129 Å². The maximum absolute atomic E-state index is 2.38. The van der Waals surface area contributed by atoms with Crippen LogP contribution in [0.2, 0.25) is 2.97 Å². The Morgan fingerprint density at radius 1 is 0.476 bits per heavy atom. The van der Waals surface area contributed by atoms with Crippen molar-refractivity contribution in [3.63, 3.8) is 0 Å². The molecule has 0 heterocycles. The molecule has 0 aromatic rings. The fraction of sp³-hybridized carbons (Fsp3) is 1.00. The van der Waals surface area contributed by atoms with Gasteiger partial charge in [0.15, 0.2) is 0 Å². The van der Waals surface area contributed by atoms with E-state index in [1.807, 2.05) is 0 Å². The summed E-state index contributed by atoms with van der Waals surface area (Å²) in [4.78, 5) is 0. The molecule has 0 aliphatic carbocycles. The van der Waals surface area contributed by atoms with Crippen molar-refractivity contribution < 1.29 is 0 Å². The van der Waals surface area contributed by atoms with Gasteiger partial charge in [0, 0.05) is 0 Å². The molecule has 0 aromatic heterocycles. The van der Waals surface area contributed by atoms with Crippen molar-refractivity contribution in [2.75, 3.05) is 0 Å². The molecule has 0 fully saturated rings. The SMILES string of the molecule is CCCCCCCC[C]([Pb])(CCC)CCCCCCCC. The summed E-state index contributed by atoms with van der Waals surface area (Å²) in [6, 6.07) is 0. The molecule has 0 spiro atoms. The molecule has 3 radical (unpaired) electrons. The van der Waals surface area contributed by atoms with Crippen LogP contribution in [0, 0.1) is 0 Å². The Labute approximate surface area is 151 Å². The van der Waals surface area contributed by atoms with Gasteiger partial charge in [0.2, 0.25) is 0 Å². The summed E-state index contributed by atoms with van der Waals surface area (Å²) in [7, 11) is 0. The molecule has 0 amide bonds. The van der Waals surface area contributed by atoms with Gasteiger partial charge in [-0.2, -0.15) is 0 Å². The topological polar surface area (TPSA) is 0 Å². The Bertz CT molecular complexity index is 184. The van der Waals surface area contributed by atoms with Crippen LogP contribution in [0.1, 0.15) is 124 Å². The summed E-state index contributed by atoms with van der Waals surface area (Å²) in [6.45, 7) is 7.00. The molecule has 0 rings (SSSR count). The van der Waals surface area contributed by atoms with Crippen LogP contribution in [-0.2, 0) is 0 Å². The molecular weight excluding hydrogens is 447 g/mol. The van der Waals surface area contributed by atoms with E-state index < -0.39 is 0 Å². The van der Waals surface area contributed by atoms with Crippen molar-refractivity contribution >= 4 is 25.8 Å². The molecule has 0 saturated heterocycles. The first kappa shape index (κ1) is 21.9. The summed E-state index contributed by atoms with van der Waals surface area (Å²) in [5.74, 6) is 0. The zero-order valence-electron chi connectivity index (χ0n) is 15.3. The number of hydrogen-bond donors (Lipinski definition) is 0. The Morgan fingerprint density at radius 2 is 0.857 bits per heavy atom. The Hall–Kier alpha value is 0.922. The first-order valence-corrected chi connectivity index (χ1v) is 11.9. The van der Waals surface area contributed by atoms with Gasteiger partial charge in [-0.05, 0) is 0 Å². The van der Waals surface area contributed by atoms with Crippen LogP contribution in [0.5, 0.6) is 0 Å². The summed E-state index contributed by atoms with van der Waals surface area (Å²) in [6.07, 6.45) is 23.5. The van der Waals surface area contributed by atoms with Crippen LogP contribution in [0.25, 0.3) is 0 Å². The van der Waals surface area contributed by atoms with Crippen molar-refractivity contribution in [2.24, 2.45) is 0 Å². The zero-order chi connectivity index (χ0) is 15.8. The second-order valence-electron chi connectivity index (χ2n) is 7.07. The standard InChI is InChI=1S/C20H41.Pb/c1-4-7-9-11-13-15-18-20(17-6-3)19-16-14-12-10-8-5-2;/h4-19H2,1-3H3;. The van der Waals surface area contributed by atoms with E-state index >= 15 is 0 Å². The molecule has 0 aliphatic rings. The number of rotatable bonds is 16. The Kier molecular flexibility index (Phi) is 16.5. The average molecular weight is 489 g/mol. The second kappa shape index (κ2) is 15.8. The predicted octanol–water partition coefficient (Wildman–Crippen LogP) is 7.61. The molecule has 0 bridgehead atoms. The van der Waals surface area contributed by atoms with E-state index in [4.69, 9.17) is 0 Å². The van der Waals surface area contributed by atoms with E-state index in [2.05, 4.69) is 20.8 Å². The van der Waals surface area contributed by atoms with Gasteiger partial charge in [-0.15, -0.1) is 0 Å². The van der Waals surface area contributed by atoms with E-state index in [1.54, 1.807) is 0 Å². The minimum absolute atomic E-state index is 0.782. The molecule has 21 heavy (non-hydrogen) atoms. The molecule has 1 heteroatoms. The van der Waals surface area contributed by atoms with Crippen LogP contribution in [0.15, 0.2) is 0 Å². The van der Waals surface area contributed by atoms with Crippen molar-refractivity contribution in [2.45, 2.75) is 126 Å². The second-order valence-corrected chi connectivity index (χ2v) is 11.2. The molecular formula is C20H41Pb. The summed E-state index contributed by atoms with van der Waals surface area (Å²) in [5.41, 5.74) is 0. The predicted molar refractivity (Wildman–Crippen MR) is 99.3 cm³/mol. The molecule has 0 unspecified atom stereocenters. The van der Waals surface area contributed by atoms with Crippen LogP contribution < -0.4 is 0 Å². The van der Waals surface area contributed by atoms with Gasteiger partial charge in [0.1, 0.15) is 0 Å². The third-order valence-electron chi connectivity index (χ3n) is 4.75. The molecule has 0 N–H and O–H groups in total. The van der Waals surface area contributed by atoms with E-state index in [0.717, 1.165) is 2.97 Å². The van der Waals surface area contributed by atoms with E-state index in [0.29, 0.717) is 0 Å². The maximum atomic E-state index is 2.38. The summed E-state index contributed by atoms with van der Waals surface area (Å²) >= 11 is 1.42. The van der Waals surface area contributed by atoms with Gasteiger partial charge < -0.3 is 0 Å². The molecule has 0 atom stereocenters. The van der Waals surface area contributed by atoms with Crippen molar-refractivity contribution in [1.29, 1.82) is 0 Å². The molecule has 0 aromatic carbocycles. The third kappa shape index (κ3) is 14.3. The quantitative estimate of drug-likeness (QED) is 0.155. The number of hydrogen-bond acceptors (Lipinski definition) is 0. The molecule has 0 saturated carbocycles. The first-order chi connectivity index (χ1) is 10.2. The fourth-order valence-corrected chi connectivity index (χ4v) is 5.69. The van der Waals surface area contributed by atoms with Crippen LogP contribution in [0.4, 0.5) is 0 Å². The molecule has 125 valence electrons. The van der Waals surface area contributed by atoms with E-state index in [9.17, 15) is 0 Å². The average Bonchev–Trinajstić information content (AvgIpc) is 2.47. The van der Waals surface area contributed by atoms with Gasteiger partial charge >= 0.3 is 152 Å². The Balaban J connectivity index is 3.73. The van der Waals surface area contributed by atoms with Crippen LogP contribution in [0.3, 0.4) is 0 Å². The van der Waals surface area contributed by atoms with Gasteiger partial charge in [-0.1, -0.05) is 0 Å². The normalized spacial score (nSPS) is 12.0. The van der Waals surface area contributed by atoms with Gasteiger partial charge in [-0.3, -0.25) is 0 Å². The third-order valence-corrected chi connectivity index (χ3v) is 7.66. The van der Waals surface area contributed by atoms with Gasteiger partial charge in [0.05, 0.1) is 0 Å². The summed E-state index contributed by atoms with van der Waals surface area (Å²) in [5, 5.41) is 0. The van der Waals surface area contributed by atoms with Crippen molar-refractivity contribution in [1.82, 2.24) is 0 Å². The van der Waals surface area contributed by atoms with E-state index in [-0.39, 0.29) is 0 Å².